The van der Waals surface area contributed by atoms with E-state index in [1.54, 1.807) is 0 Å². The van der Waals surface area contributed by atoms with Crippen molar-refractivity contribution in [3.8, 4) is 0 Å². The third-order valence-corrected chi connectivity index (χ3v) is 2.85. The number of halogens is 3. The predicted octanol–water partition coefficient (Wildman–Crippen LogP) is 2.38. The van der Waals surface area contributed by atoms with Crippen molar-refractivity contribution < 1.29 is 22.7 Å². The Bertz CT molecular complexity index is 476. The molecule has 1 aromatic carbocycles. The summed E-state index contributed by atoms with van der Waals surface area (Å²) in [4.78, 5) is 12.8. The van der Waals surface area contributed by atoms with E-state index in [0.717, 1.165) is 12.1 Å². The third-order valence-electron chi connectivity index (χ3n) is 2.85. The first kappa shape index (κ1) is 13.7. The molecule has 1 heterocycles. The van der Waals surface area contributed by atoms with Gasteiger partial charge >= 0.3 is 12.3 Å². The molecule has 2 rings (SSSR count). The van der Waals surface area contributed by atoms with Crippen molar-refractivity contribution in [1.29, 1.82) is 0 Å². The normalized spacial score (nSPS) is 19.7. The molecule has 1 aliphatic heterocycles. The van der Waals surface area contributed by atoms with Crippen LogP contribution >= 0.6 is 0 Å². The summed E-state index contributed by atoms with van der Waals surface area (Å²) in [6.45, 7) is 0.575. The van der Waals surface area contributed by atoms with Gasteiger partial charge in [-0.2, -0.15) is 13.2 Å². The number of hydrogen-bond acceptors (Lipinski definition) is 3. The minimum absolute atomic E-state index is 0.180. The van der Waals surface area contributed by atoms with Crippen LogP contribution in [0.2, 0.25) is 0 Å². The first-order chi connectivity index (χ1) is 8.91. The van der Waals surface area contributed by atoms with Gasteiger partial charge < -0.3 is 10.5 Å². The smallest absolute Gasteiger partial charge is 0.416 e. The maximum Gasteiger partial charge on any atom is 0.416 e. The molecule has 7 heteroatoms. The lowest BCUT2D eigenvalue weighted by Gasteiger charge is -2.15. The molecule has 1 amide bonds. The highest BCUT2D eigenvalue weighted by molar-refractivity contribution is 5.89. The van der Waals surface area contributed by atoms with Gasteiger partial charge in [0.25, 0.3) is 0 Å². The van der Waals surface area contributed by atoms with Crippen LogP contribution in [0.15, 0.2) is 24.3 Å². The SMILES string of the molecule is NCCC1CN(c2cccc(C(F)(F)F)c2)C(=O)O1. The molecular formula is C12H13F3N2O2. The molecule has 1 aliphatic rings. The van der Waals surface area contributed by atoms with Crippen LogP contribution in [0, 0.1) is 0 Å². The number of ether oxygens (including phenoxy) is 1. The predicted molar refractivity (Wildman–Crippen MR) is 62.7 cm³/mol. The van der Waals surface area contributed by atoms with Crippen LogP contribution in [0.25, 0.3) is 0 Å². The average Bonchev–Trinajstić information content (AvgIpc) is 2.70. The molecule has 1 fully saturated rings. The zero-order chi connectivity index (χ0) is 14.0. The van der Waals surface area contributed by atoms with E-state index in [-0.39, 0.29) is 18.3 Å². The fourth-order valence-corrected chi connectivity index (χ4v) is 1.92. The first-order valence-electron chi connectivity index (χ1n) is 5.77. The molecule has 0 aliphatic carbocycles. The van der Waals surface area contributed by atoms with Gasteiger partial charge in [0, 0.05) is 5.69 Å². The van der Waals surface area contributed by atoms with Crippen LogP contribution in [-0.4, -0.2) is 25.3 Å². The van der Waals surface area contributed by atoms with Crippen LogP contribution < -0.4 is 10.6 Å². The molecule has 2 N–H and O–H groups in total. The lowest BCUT2D eigenvalue weighted by molar-refractivity contribution is -0.137. The minimum atomic E-state index is -4.43. The van der Waals surface area contributed by atoms with Gasteiger partial charge in [-0.25, -0.2) is 4.79 Å². The van der Waals surface area contributed by atoms with Gasteiger partial charge in [-0.3, -0.25) is 4.90 Å². The molecule has 104 valence electrons. The second-order valence-corrected chi connectivity index (χ2v) is 4.24. The van der Waals surface area contributed by atoms with Crippen LogP contribution in [0.5, 0.6) is 0 Å². The second kappa shape index (κ2) is 5.08. The van der Waals surface area contributed by atoms with Gasteiger partial charge in [0.15, 0.2) is 0 Å². The summed E-state index contributed by atoms with van der Waals surface area (Å²) in [5.41, 5.74) is 4.75. The van der Waals surface area contributed by atoms with Crippen molar-refractivity contribution in [3.63, 3.8) is 0 Å². The van der Waals surface area contributed by atoms with Gasteiger partial charge in [0.2, 0.25) is 0 Å². The Balaban J connectivity index is 2.21. The minimum Gasteiger partial charge on any atom is -0.444 e. The topological polar surface area (TPSA) is 55.6 Å². The highest BCUT2D eigenvalue weighted by atomic mass is 19.4. The van der Waals surface area contributed by atoms with E-state index in [1.807, 2.05) is 0 Å². The highest BCUT2D eigenvalue weighted by Crippen LogP contribution is 2.32. The zero-order valence-corrected chi connectivity index (χ0v) is 9.98. The Kier molecular flexibility index (Phi) is 3.66. The molecule has 19 heavy (non-hydrogen) atoms. The largest absolute Gasteiger partial charge is 0.444 e. The number of rotatable bonds is 3. The summed E-state index contributed by atoms with van der Waals surface area (Å²) < 4.78 is 42.8. The summed E-state index contributed by atoms with van der Waals surface area (Å²) >= 11 is 0. The van der Waals surface area contributed by atoms with E-state index in [1.165, 1.54) is 17.0 Å². The molecule has 4 nitrogen and oxygen atoms in total. The highest BCUT2D eigenvalue weighted by Gasteiger charge is 2.34. The molecule has 1 atom stereocenters. The molecule has 0 aromatic heterocycles. The zero-order valence-electron chi connectivity index (χ0n) is 9.98. The van der Waals surface area contributed by atoms with E-state index in [0.29, 0.717) is 13.0 Å². The number of benzene rings is 1. The summed E-state index contributed by atoms with van der Waals surface area (Å²) in [6, 6.07) is 4.61. The van der Waals surface area contributed by atoms with Gasteiger partial charge in [-0.05, 0) is 31.2 Å². The number of cyclic esters (lactones) is 1. The average molecular weight is 274 g/mol. The summed E-state index contributed by atoms with van der Waals surface area (Å²) in [5, 5.41) is 0. The van der Waals surface area contributed by atoms with Crippen molar-refractivity contribution in [2.45, 2.75) is 18.7 Å². The van der Waals surface area contributed by atoms with Gasteiger partial charge in [0.05, 0.1) is 12.1 Å². The van der Waals surface area contributed by atoms with Crippen molar-refractivity contribution in [2.24, 2.45) is 5.73 Å². The standard InChI is InChI=1S/C12H13F3N2O2/c13-12(14,15)8-2-1-3-9(6-8)17-7-10(4-5-16)19-11(17)18/h1-3,6,10H,4-5,7,16H2. The lowest BCUT2D eigenvalue weighted by Crippen LogP contribution is -2.25. The Hall–Kier alpha value is -1.76. The van der Waals surface area contributed by atoms with Crippen LogP contribution in [-0.2, 0) is 10.9 Å². The Morgan fingerprint density at radius 3 is 2.79 bits per heavy atom. The Labute approximate surface area is 107 Å². The number of hydrogen-bond donors (Lipinski definition) is 1. The molecule has 0 bridgehead atoms. The summed E-state index contributed by atoms with van der Waals surface area (Å²) in [6.07, 6.45) is -4.96. The second-order valence-electron chi connectivity index (χ2n) is 4.24. The molecule has 0 saturated carbocycles. The number of carbonyl (C=O) groups is 1. The number of nitrogens with zero attached hydrogens (tertiary/aromatic N) is 1. The number of amides is 1. The van der Waals surface area contributed by atoms with Crippen molar-refractivity contribution in [1.82, 2.24) is 0 Å². The molecule has 0 spiro atoms. The van der Waals surface area contributed by atoms with Gasteiger partial charge in [-0.1, -0.05) is 6.07 Å². The van der Waals surface area contributed by atoms with Crippen LogP contribution in [0.4, 0.5) is 23.7 Å². The van der Waals surface area contributed by atoms with Crippen molar-refractivity contribution in [3.05, 3.63) is 29.8 Å². The van der Waals surface area contributed by atoms with Crippen molar-refractivity contribution in [2.75, 3.05) is 18.0 Å². The number of carbonyl (C=O) groups excluding carboxylic acids is 1. The fourth-order valence-electron chi connectivity index (χ4n) is 1.92. The number of alkyl halides is 3. The third kappa shape index (κ3) is 2.98. The van der Waals surface area contributed by atoms with E-state index in [9.17, 15) is 18.0 Å². The van der Waals surface area contributed by atoms with E-state index in [4.69, 9.17) is 10.5 Å². The molecule has 1 unspecified atom stereocenters. The number of anilines is 1. The van der Waals surface area contributed by atoms with E-state index >= 15 is 0 Å². The fraction of sp³-hybridized carbons (Fsp3) is 0.417. The van der Waals surface area contributed by atoms with Crippen molar-refractivity contribution >= 4 is 11.8 Å². The monoisotopic (exact) mass is 274 g/mol. The van der Waals surface area contributed by atoms with E-state index in [2.05, 4.69) is 0 Å². The maximum absolute atomic E-state index is 12.6. The van der Waals surface area contributed by atoms with Gasteiger partial charge in [-0.15, -0.1) is 0 Å². The van der Waals surface area contributed by atoms with Crippen LogP contribution in [0.3, 0.4) is 0 Å². The molecular weight excluding hydrogens is 261 g/mol. The first-order valence-corrected chi connectivity index (χ1v) is 5.77. The molecule has 1 saturated heterocycles. The Morgan fingerprint density at radius 1 is 1.42 bits per heavy atom. The van der Waals surface area contributed by atoms with Crippen LogP contribution in [0.1, 0.15) is 12.0 Å². The van der Waals surface area contributed by atoms with E-state index < -0.39 is 17.8 Å². The summed E-state index contributed by atoms with van der Waals surface area (Å²) in [5.74, 6) is 0. The van der Waals surface area contributed by atoms with Gasteiger partial charge in [0.1, 0.15) is 6.10 Å². The number of nitrogens with two attached hydrogens (primary N) is 1. The molecule has 0 radical (unpaired) electrons. The summed E-state index contributed by atoms with van der Waals surface area (Å²) in [7, 11) is 0. The lowest BCUT2D eigenvalue weighted by atomic mass is 10.1. The molecule has 1 aromatic rings. The maximum atomic E-state index is 12.6. The quantitative estimate of drug-likeness (QED) is 0.920. The Morgan fingerprint density at radius 2 is 2.16 bits per heavy atom.